The molecule has 1 aliphatic heterocycles. The normalized spacial score (nSPS) is 16.0. The molecule has 21 heavy (non-hydrogen) atoms. The Bertz CT molecular complexity index is 597. The van der Waals surface area contributed by atoms with Crippen LogP contribution in [0.3, 0.4) is 0 Å². The van der Waals surface area contributed by atoms with Crippen LogP contribution in [0.4, 0.5) is 5.95 Å². The number of hydrogen-bond acceptors (Lipinski definition) is 5. The standard InChI is InChI=1S/C15H17ClN4O/c16-11-2-1-3-13(8-11)21-14-9-18-15(19-10-14)20-6-4-12(17)5-7-20/h1-3,8-10,12H,4-7,17H2. The second-order valence-electron chi connectivity index (χ2n) is 5.10. The minimum Gasteiger partial charge on any atom is -0.454 e. The Balaban J connectivity index is 1.66. The van der Waals surface area contributed by atoms with Gasteiger partial charge in [0, 0.05) is 24.2 Å². The fraction of sp³-hybridized carbons (Fsp3) is 0.333. The number of halogens is 1. The molecule has 0 saturated carbocycles. The molecule has 0 atom stereocenters. The van der Waals surface area contributed by atoms with Crippen molar-refractivity contribution in [3.05, 3.63) is 41.7 Å². The Hall–Kier alpha value is -1.85. The van der Waals surface area contributed by atoms with Crippen molar-refractivity contribution in [2.75, 3.05) is 18.0 Å². The molecule has 0 aliphatic carbocycles. The highest BCUT2D eigenvalue weighted by Gasteiger charge is 2.18. The molecule has 1 fully saturated rings. The number of aromatic nitrogens is 2. The van der Waals surface area contributed by atoms with Crippen LogP contribution in [0.15, 0.2) is 36.7 Å². The topological polar surface area (TPSA) is 64.3 Å². The van der Waals surface area contributed by atoms with E-state index in [1.165, 1.54) is 0 Å². The van der Waals surface area contributed by atoms with Gasteiger partial charge in [0.2, 0.25) is 5.95 Å². The van der Waals surface area contributed by atoms with E-state index in [1.54, 1.807) is 24.5 Å². The first-order chi connectivity index (χ1) is 10.2. The molecular weight excluding hydrogens is 288 g/mol. The summed E-state index contributed by atoms with van der Waals surface area (Å²) in [5.41, 5.74) is 5.90. The minimum absolute atomic E-state index is 0.298. The van der Waals surface area contributed by atoms with Crippen LogP contribution in [0, 0.1) is 0 Å². The van der Waals surface area contributed by atoms with Crippen molar-refractivity contribution >= 4 is 17.5 Å². The van der Waals surface area contributed by atoms with Crippen LogP contribution in [-0.2, 0) is 0 Å². The number of nitrogens with zero attached hydrogens (tertiary/aromatic N) is 3. The van der Waals surface area contributed by atoms with Gasteiger partial charge in [0.25, 0.3) is 0 Å². The molecule has 2 heterocycles. The zero-order chi connectivity index (χ0) is 14.7. The SMILES string of the molecule is NC1CCN(c2ncc(Oc3cccc(Cl)c3)cn2)CC1. The lowest BCUT2D eigenvalue weighted by Gasteiger charge is -2.29. The first-order valence-corrected chi connectivity index (χ1v) is 7.34. The summed E-state index contributed by atoms with van der Waals surface area (Å²) in [5, 5.41) is 0.634. The summed E-state index contributed by atoms with van der Waals surface area (Å²) in [6, 6.07) is 7.53. The number of piperidine rings is 1. The van der Waals surface area contributed by atoms with E-state index < -0.39 is 0 Å². The Kier molecular flexibility index (Phi) is 4.22. The fourth-order valence-electron chi connectivity index (χ4n) is 2.29. The van der Waals surface area contributed by atoms with Crippen molar-refractivity contribution in [3.63, 3.8) is 0 Å². The Morgan fingerprint density at radius 2 is 1.86 bits per heavy atom. The summed E-state index contributed by atoms with van der Waals surface area (Å²) in [5.74, 6) is 1.98. The van der Waals surface area contributed by atoms with Crippen molar-refractivity contribution in [2.45, 2.75) is 18.9 Å². The third-order valence-electron chi connectivity index (χ3n) is 3.47. The molecule has 2 aromatic rings. The average Bonchev–Trinajstić information content (AvgIpc) is 2.49. The second-order valence-corrected chi connectivity index (χ2v) is 5.54. The lowest BCUT2D eigenvalue weighted by atomic mass is 10.1. The first-order valence-electron chi connectivity index (χ1n) is 6.97. The highest BCUT2D eigenvalue weighted by atomic mass is 35.5. The molecular formula is C15H17ClN4O. The number of rotatable bonds is 3. The molecule has 0 radical (unpaired) electrons. The number of anilines is 1. The van der Waals surface area contributed by atoms with Crippen LogP contribution < -0.4 is 15.4 Å². The maximum atomic E-state index is 5.92. The van der Waals surface area contributed by atoms with Crippen LogP contribution in [0.5, 0.6) is 11.5 Å². The molecule has 2 N–H and O–H groups in total. The molecule has 1 aromatic heterocycles. The number of nitrogens with two attached hydrogens (primary N) is 1. The third-order valence-corrected chi connectivity index (χ3v) is 3.70. The number of ether oxygens (including phenoxy) is 1. The molecule has 1 saturated heterocycles. The van der Waals surface area contributed by atoms with Crippen molar-refractivity contribution < 1.29 is 4.74 Å². The van der Waals surface area contributed by atoms with Gasteiger partial charge < -0.3 is 15.4 Å². The van der Waals surface area contributed by atoms with Crippen molar-refractivity contribution in [1.29, 1.82) is 0 Å². The molecule has 3 rings (SSSR count). The van der Waals surface area contributed by atoms with E-state index in [4.69, 9.17) is 22.1 Å². The quantitative estimate of drug-likeness (QED) is 0.944. The van der Waals surface area contributed by atoms with E-state index in [0.717, 1.165) is 31.9 Å². The molecule has 6 heteroatoms. The van der Waals surface area contributed by atoms with Crippen molar-refractivity contribution in [2.24, 2.45) is 5.73 Å². The van der Waals surface area contributed by atoms with E-state index in [9.17, 15) is 0 Å². The predicted molar refractivity (Wildman–Crippen MR) is 83.0 cm³/mol. The van der Waals surface area contributed by atoms with Gasteiger partial charge in [-0.2, -0.15) is 0 Å². The largest absolute Gasteiger partial charge is 0.454 e. The summed E-state index contributed by atoms with van der Waals surface area (Å²) < 4.78 is 5.67. The van der Waals surface area contributed by atoms with Crippen molar-refractivity contribution in [1.82, 2.24) is 9.97 Å². The molecule has 110 valence electrons. The number of hydrogen-bond donors (Lipinski definition) is 1. The van der Waals surface area contributed by atoms with Gasteiger partial charge in [0.15, 0.2) is 5.75 Å². The zero-order valence-electron chi connectivity index (χ0n) is 11.6. The Morgan fingerprint density at radius 3 is 2.52 bits per heavy atom. The van der Waals surface area contributed by atoms with Gasteiger partial charge in [-0.25, -0.2) is 9.97 Å². The second kappa shape index (κ2) is 6.28. The summed E-state index contributed by atoms with van der Waals surface area (Å²) in [6.07, 6.45) is 5.31. The molecule has 5 nitrogen and oxygen atoms in total. The van der Waals surface area contributed by atoms with Gasteiger partial charge in [-0.05, 0) is 31.0 Å². The van der Waals surface area contributed by atoms with E-state index in [1.807, 2.05) is 12.1 Å². The summed E-state index contributed by atoms with van der Waals surface area (Å²) in [4.78, 5) is 10.9. The van der Waals surface area contributed by atoms with Gasteiger partial charge in [-0.1, -0.05) is 17.7 Å². The summed E-state index contributed by atoms with van der Waals surface area (Å²) in [6.45, 7) is 1.80. The van der Waals surface area contributed by atoms with Gasteiger partial charge in [0.05, 0.1) is 12.4 Å². The molecule has 0 unspecified atom stereocenters. The molecule has 1 aromatic carbocycles. The van der Waals surface area contributed by atoms with Gasteiger partial charge >= 0.3 is 0 Å². The highest BCUT2D eigenvalue weighted by molar-refractivity contribution is 6.30. The lowest BCUT2D eigenvalue weighted by Crippen LogP contribution is -2.40. The van der Waals surface area contributed by atoms with Gasteiger partial charge in [-0.3, -0.25) is 0 Å². The van der Waals surface area contributed by atoms with E-state index in [2.05, 4.69) is 14.9 Å². The monoisotopic (exact) mass is 304 g/mol. The van der Waals surface area contributed by atoms with Crippen LogP contribution >= 0.6 is 11.6 Å². The average molecular weight is 305 g/mol. The Morgan fingerprint density at radius 1 is 1.14 bits per heavy atom. The molecule has 0 bridgehead atoms. The maximum absolute atomic E-state index is 5.92. The van der Waals surface area contributed by atoms with Gasteiger partial charge in [0.1, 0.15) is 5.75 Å². The molecule has 0 amide bonds. The van der Waals surface area contributed by atoms with Crippen LogP contribution in [0.2, 0.25) is 5.02 Å². The van der Waals surface area contributed by atoms with Crippen LogP contribution in [0.1, 0.15) is 12.8 Å². The Labute approximate surface area is 128 Å². The maximum Gasteiger partial charge on any atom is 0.225 e. The first kappa shape index (κ1) is 14.1. The molecule has 0 spiro atoms. The summed E-state index contributed by atoms with van der Waals surface area (Å²) in [7, 11) is 0. The van der Waals surface area contributed by atoms with E-state index in [-0.39, 0.29) is 0 Å². The fourth-order valence-corrected chi connectivity index (χ4v) is 2.47. The van der Waals surface area contributed by atoms with E-state index >= 15 is 0 Å². The third kappa shape index (κ3) is 3.62. The van der Waals surface area contributed by atoms with E-state index in [0.29, 0.717) is 22.6 Å². The van der Waals surface area contributed by atoms with Crippen molar-refractivity contribution in [3.8, 4) is 11.5 Å². The van der Waals surface area contributed by atoms with Crippen LogP contribution in [0.25, 0.3) is 0 Å². The summed E-state index contributed by atoms with van der Waals surface area (Å²) >= 11 is 5.92. The smallest absolute Gasteiger partial charge is 0.225 e. The van der Waals surface area contributed by atoms with Crippen LogP contribution in [-0.4, -0.2) is 29.1 Å². The number of benzene rings is 1. The van der Waals surface area contributed by atoms with Gasteiger partial charge in [-0.15, -0.1) is 0 Å². The molecule has 1 aliphatic rings. The zero-order valence-corrected chi connectivity index (χ0v) is 12.3. The highest BCUT2D eigenvalue weighted by Crippen LogP contribution is 2.24. The predicted octanol–water partition coefficient (Wildman–Crippen LogP) is 2.85. The lowest BCUT2D eigenvalue weighted by molar-refractivity contribution is 0.473. The minimum atomic E-state index is 0.298.